The zero-order chi connectivity index (χ0) is 16.9. The SMILES string of the molecule is O=C(Cn1nnc(-c2ccc(Cl)cc2)n1)N1CCCCC1CCO. The molecule has 0 spiro atoms. The normalized spacial score (nSPS) is 17.9. The van der Waals surface area contributed by atoms with Crippen LogP contribution in [0.15, 0.2) is 24.3 Å². The van der Waals surface area contributed by atoms with Crippen LogP contribution >= 0.6 is 11.6 Å². The van der Waals surface area contributed by atoms with Crippen LogP contribution in [0.5, 0.6) is 0 Å². The topological polar surface area (TPSA) is 84.1 Å². The molecule has 1 amide bonds. The number of hydrogen-bond acceptors (Lipinski definition) is 5. The first-order chi connectivity index (χ1) is 11.7. The highest BCUT2D eigenvalue weighted by atomic mass is 35.5. The summed E-state index contributed by atoms with van der Waals surface area (Å²) < 4.78 is 0. The Kier molecular flexibility index (Phi) is 5.42. The van der Waals surface area contributed by atoms with Gasteiger partial charge in [-0.15, -0.1) is 10.2 Å². The Morgan fingerprint density at radius 2 is 2.08 bits per heavy atom. The van der Waals surface area contributed by atoms with E-state index in [4.69, 9.17) is 16.7 Å². The molecule has 1 unspecified atom stereocenters. The lowest BCUT2D eigenvalue weighted by Crippen LogP contribution is -2.45. The fraction of sp³-hybridized carbons (Fsp3) is 0.500. The number of likely N-dealkylation sites (tertiary alicyclic amines) is 1. The fourth-order valence-electron chi connectivity index (χ4n) is 3.01. The smallest absolute Gasteiger partial charge is 0.246 e. The highest BCUT2D eigenvalue weighted by molar-refractivity contribution is 6.30. The molecule has 24 heavy (non-hydrogen) atoms. The summed E-state index contributed by atoms with van der Waals surface area (Å²) in [5, 5.41) is 22.0. The number of carbonyl (C=O) groups excluding carboxylic acids is 1. The van der Waals surface area contributed by atoms with Crippen molar-refractivity contribution in [3.63, 3.8) is 0 Å². The van der Waals surface area contributed by atoms with E-state index in [1.165, 1.54) is 4.80 Å². The van der Waals surface area contributed by atoms with Crippen molar-refractivity contribution in [3.8, 4) is 11.4 Å². The van der Waals surface area contributed by atoms with Gasteiger partial charge >= 0.3 is 0 Å². The van der Waals surface area contributed by atoms with Crippen LogP contribution in [0.25, 0.3) is 11.4 Å². The van der Waals surface area contributed by atoms with Gasteiger partial charge in [0.2, 0.25) is 11.7 Å². The number of halogens is 1. The maximum Gasteiger partial charge on any atom is 0.246 e. The summed E-state index contributed by atoms with van der Waals surface area (Å²) >= 11 is 5.87. The Morgan fingerprint density at radius 1 is 1.29 bits per heavy atom. The minimum Gasteiger partial charge on any atom is -0.396 e. The summed E-state index contributed by atoms with van der Waals surface area (Å²) in [6, 6.07) is 7.25. The zero-order valence-corrected chi connectivity index (χ0v) is 14.1. The lowest BCUT2D eigenvalue weighted by Gasteiger charge is -2.35. The molecule has 2 aromatic rings. The highest BCUT2D eigenvalue weighted by Gasteiger charge is 2.26. The predicted octanol–water partition coefficient (Wildman–Crippen LogP) is 1.76. The molecule has 1 N–H and O–H groups in total. The molecule has 1 aliphatic rings. The average molecular weight is 350 g/mol. The van der Waals surface area contributed by atoms with Gasteiger partial charge in [-0.25, -0.2) is 0 Å². The van der Waals surface area contributed by atoms with E-state index >= 15 is 0 Å². The van der Waals surface area contributed by atoms with E-state index in [9.17, 15) is 4.79 Å². The maximum absolute atomic E-state index is 12.5. The standard InChI is InChI=1S/C16H20ClN5O2/c17-13-6-4-12(5-7-13)16-18-20-22(19-16)11-15(24)21-9-2-1-3-14(21)8-10-23/h4-7,14,23H,1-3,8-11H2. The molecule has 1 atom stereocenters. The number of benzene rings is 1. The number of nitrogens with zero attached hydrogens (tertiary/aromatic N) is 5. The van der Waals surface area contributed by atoms with Crippen molar-refractivity contribution in [2.45, 2.75) is 38.3 Å². The quantitative estimate of drug-likeness (QED) is 0.889. The van der Waals surface area contributed by atoms with Crippen molar-refractivity contribution in [3.05, 3.63) is 29.3 Å². The van der Waals surface area contributed by atoms with Crippen molar-refractivity contribution < 1.29 is 9.90 Å². The van der Waals surface area contributed by atoms with E-state index in [-0.39, 0.29) is 25.1 Å². The Morgan fingerprint density at radius 3 is 2.83 bits per heavy atom. The molecule has 0 saturated carbocycles. The number of aromatic nitrogens is 4. The molecule has 3 rings (SSSR count). The van der Waals surface area contributed by atoms with Gasteiger partial charge in [0.15, 0.2) is 0 Å². The summed E-state index contributed by atoms with van der Waals surface area (Å²) in [7, 11) is 0. The largest absolute Gasteiger partial charge is 0.396 e. The van der Waals surface area contributed by atoms with Crippen molar-refractivity contribution in [1.82, 2.24) is 25.1 Å². The van der Waals surface area contributed by atoms with Gasteiger partial charge in [0, 0.05) is 29.8 Å². The lowest BCUT2D eigenvalue weighted by molar-refractivity contribution is -0.136. The van der Waals surface area contributed by atoms with Gasteiger partial charge < -0.3 is 10.0 Å². The molecule has 1 saturated heterocycles. The monoisotopic (exact) mass is 349 g/mol. The van der Waals surface area contributed by atoms with E-state index in [0.29, 0.717) is 17.3 Å². The third-order valence-electron chi connectivity index (χ3n) is 4.24. The zero-order valence-electron chi connectivity index (χ0n) is 13.3. The fourth-order valence-corrected chi connectivity index (χ4v) is 3.14. The molecule has 0 radical (unpaired) electrons. The summed E-state index contributed by atoms with van der Waals surface area (Å²) in [6.07, 6.45) is 3.64. The van der Waals surface area contributed by atoms with E-state index < -0.39 is 0 Å². The van der Waals surface area contributed by atoms with Crippen LogP contribution < -0.4 is 0 Å². The van der Waals surface area contributed by atoms with Crippen molar-refractivity contribution >= 4 is 17.5 Å². The van der Waals surface area contributed by atoms with Crippen LogP contribution in [0.3, 0.4) is 0 Å². The van der Waals surface area contributed by atoms with Gasteiger partial charge in [0.25, 0.3) is 0 Å². The van der Waals surface area contributed by atoms with E-state index in [1.54, 1.807) is 12.1 Å². The summed E-state index contributed by atoms with van der Waals surface area (Å²) in [5.74, 6) is 0.429. The molecule has 7 nitrogen and oxygen atoms in total. The van der Waals surface area contributed by atoms with Crippen molar-refractivity contribution in [2.75, 3.05) is 13.2 Å². The second-order valence-corrected chi connectivity index (χ2v) is 6.34. The van der Waals surface area contributed by atoms with Gasteiger partial charge in [-0.2, -0.15) is 4.80 Å². The van der Waals surface area contributed by atoms with Gasteiger partial charge in [-0.1, -0.05) is 11.6 Å². The Bertz CT molecular complexity index is 686. The molecule has 1 aliphatic heterocycles. The third kappa shape index (κ3) is 3.91. The van der Waals surface area contributed by atoms with Crippen molar-refractivity contribution in [2.24, 2.45) is 0 Å². The molecule has 1 fully saturated rings. The second kappa shape index (κ2) is 7.72. The van der Waals surface area contributed by atoms with E-state index in [2.05, 4.69) is 15.4 Å². The molecule has 2 heterocycles. The number of tetrazole rings is 1. The molecular weight excluding hydrogens is 330 g/mol. The number of rotatable bonds is 5. The number of aliphatic hydroxyl groups is 1. The maximum atomic E-state index is 12.5. The summed E-state index contributed by atoms with van der Waals surface area (Å²) in [4.78, 5) is 15.7. The minimum absolute atomic E-state index is 0.0341. The molecule has 1 aromatic carbocycles. The average Bonchev–Trinajstić information content (AvgIpc) is 3.05. The van der Waals surface area contributed by atoms with Crippen LogP contribution in [0.1, 0.15) is 25.7 Å². The molecule has 0 bridgehead atoms. The van der Waals surface area contributed by atoms with Crippen LogP contribution in [0, 0.1) is 0 Å². The summed E-state index contributed by atoms with van der Waals surface area (Å²) in [6.45, 7) is 0.876. The molecular formula is C16H20ClN5O2. The first-order valence-electron chi connectivity index (χ1n) is 8.11. The van der Waals surface area contributed by atoms with Gasteiger partial charge in [0.1, 0.15) is 6.54 Å². The summed E-state index contributed by atoms with van der Waals surface area (Å²) in [5.41, 5.74) is 0.800. The first kappa shape index (κ1) is 16.9. The number of carbonyl (C=O) groups is 1. The van der Waals surface area contributed by atoms with E-state index in [0.717, 1.165) is 31.4 Å². The van der Waals surface area contributed by atoms with Gasteiger partial charge in [-0.05, 0) is 55.2 Å². The molecule has 128 valence electrons. The molecule has 1 aromatic heterocycles. The Labute approximate surface area is 145 Å². The second-order valence-electron chi connectivity index (χ2n) is 5.90. The number of hydrogen-bond donors (Lipinski definition) is 1. The Balaban J connectivity index is 1.67. The van der Waals surface area contributed by atoms with Crippen molar-refractivity contribution in [1.29, 1.82) is 0 Å². The van der Waals surface area contributed by atoms with Gasteiger partial charge in [-0.3, -0.25) is 4.79 Å². The molecule has 0 aliphatic carbocycles. The number of aliphatic hydroxyl groups excluding tert-OH is 1. The van der Waals surface area contributed by atoms with Crippen LogP contribution in [0.4, 0.5) is 0 Å². The van der Waals surface area contributed by atoms with E-state index in [1.807, 2.05) is 17.0 Å². The minimum atomic E-state index is -0.0341. The Hall–Kier alpha value is -1.99. The lowest BCUT2D eigenvalue weighted by atomic mass is 9.99. The number of piperidine rings is 1. The molecule has 8 heteroatoms. The van der Waals surface area contributed by atoms with Gasteiger partial charge in [0.05, 0.1) is 0 Å². The predicted molar refractivity (Wildman–Crippen MR) is 89.3 cm³/mol. The number of amides is 1. The highest BCUT2D eigenvalue weighted by Crippen LogP contribution is 2.20. The van der Waals surface area contributed by atoms with Crippen LogP contribution in [-0.4, -0.2) is 55.3 Å². The van der Waals surface area contributed by atoms with Crippen LogP contribution in [0.2, 0.25) is 5.02 Å². The third-order valence-corrected chi connectivity index (χ3v) is 4.49. The first-order valence-corrected chi connectivity index (χ1v) is 8.49. The van der Waals surface area contributed by atoms with Crippen LogP contribution in [-0.2, 0) is 11.3 Å².